The van der Waals surface area contributed by atoms with Crippen LogP contribution in [0.5, 0.6) is 0 Å². The maximum absolute atomic E-state index is 12.7. The van der Waals surface area contributed by atoms with E-state index in [9.17, 15) is 19.0 Å². The van der Waals surface area contributed by atoms with E-state index in [1.165, 1.54) is 83.5 Å². The quantitative estimate of drug-likeness (QED) is 0.0216. The van der Waals surface area contributed by atoms with Crippen molar-refractivity contribution in [2.75, 3.05) is 47.5 Å². The molecule has 53 heavy (non-hydrogen) atoms. The molecule has 0 saturated heterocycles. The average Bonchev–Trinajstić information content (AvgIpc) is 3.10. The molecule has 0 radical (unpaired) electrons. The van der Waals surface area contributed by atoms with Gasteiger partial charge in [-0.3, -0.25) is 18.6 Å². The average molecular weight is 773 g/mol. The number of phosphoric acid groups is 1. The predicted octanol–water partition coefficient (Wildman–Crippen LogP) is 12.0. The van der Waals surface area contributed by atoms with Gasteiger partial charge in [-0.15, -0.1) is 0 Å². The van der Waals surface area contributed by atoms with Crippen LogP contribution >= 0.6 is 7.82 Å². The van der Waals surface area contributed by atoms with Crippen LogP contribution in [0.2, 0.25) is 0 Å². The summed E-state index contributed by atoms with van der Waals surface area (Å²) in [5, 5.41) is 0. The van der Waals surface area contributed by atoms with Crippen molar-refractivity contribution in [3.05, 3.63) is 24.3 Å². The Balaban J connectivity index is 4.39. The van der Waals surface area contributed by atoms with E-state index >= 15 is 0 Å². The summed E-state index contributed by atoms with van der Waals surface area (Å²) >= 11 is 0. The second-order valence-corrected chi connectivity index (χ2v) is 17.2. The first-order valence-electron chi connectivity index (χ1n) is 21.6. The summed E-state index contributed by atoms with van der Waals surface area (Å²) in [5.41, 5.74) is 0. The number of nitrogens with zero attached hydrogens (tertiary/aromatic N) is 1. The molecule has 0 rings (SSSR count). The van der Waals surface area contributed by atoms with Crippen LogP contribution in [0, 0.1) is 0 Å². The summed E-state index contributed by atoms with van der Waals surface area (Å²) in [5.74, 6) is -0.816. The van der Waals surface area contributed by atoms with Crippen molar-refractivity contribution in [1.82, 2.24) is 0 Å². The van der Waals surface area contributed by atoms with Crippen molar-refractivity contribution in [2.24, 2.45) is 0 Å². The molecule has 1 N–H and O–H groups in total. The fourth-order valence-electron chi connectivity index (χ4n) is 5.77. The molecule has 0 aliphatic rings. The molecule has 0 aromatic heterocycles. The Morgan fingerprint density at radius 3 is 1.42 bits per heavy atom. The first kappa shape index (κ1) is 51.5. The van der Waals surface area contributed by atoms with E-state index in [0.29, 0.717) is 17.4 Å². The molecule has 2 unspecified atom stereocenters. The van der Waals surface area contributed by atoms with E-state index < -0.39 is 26.5 Å². The first-order chi connectivity index (χ1) is 25.5. The van der Waals surface area contributed by atoms with Crippen LogP contribution < -0.4 is 0 Å². The summed E-state index contributed by atoms with van der Waals surface area (Å²) in [6, 6.07) is 0. The fourth-order valence-corrected chi connectivity index (χ4v) is 6.51. The van der Waals surface area contributed by atoms with Gasteiger partial charge in [-0.05, 0) is 64.2 Å². The number of hydrogen-bond donors (Lipinski definition) is 1. The van der Waals surface area contributed by atoms with Crippen molar-refractivity contribution in [2.45, 2.75) is 193 Å². The number of rotatable bonds is 39. The number of unbranched alkanes of at least 4 members (excludes halogenated alkanes) is 21. The fraction of sp³-hybridized carbons (Fsp3) is 0.860. The van der Waals surface area contributed by atoms with Gasteiger partial charge in [-0.2, -0.15) is 0 Å². The highest BCUT2D eigenvalue weighted by atomic mass is 31.2. The highest BCUT2D eigenvalue weighted by Gasteiger charge is 2.27. The van der Waals surface area contributed by atoms with Gasteiger partial charge in [0, 0.05) is 12.8 Å². The minimum Gasteiger partial charge on any atom is -0.462 e. The van der Waals surface area contributed by atoms with E-state index in [4.69, 9.17) is 18.5 Å². The molecule has 0 aromatic carbocycles. The molecule has 0 saturated carbocycles. The lowest BCUT2D eigenvalue weighted by Gasteiger charge is -2.24. The third kappa shape index (κ3) is 40.0. The van der Waals surface area contributed by atoms with Crippen LogP contribution in [0.15, 0.2) is 24.3 Å². The molecule has 312 valence electrons. The van der Waals surface area contributed by atoms with Crippen LogP contribution in [0.1, 0.15) is 187 Å². The molecule has 9 nitrogen and oxygen atoms in total. The largest absolute Gasteiger partial charge is 0.472 e. The van der Waals surface area contributed by atoms with Crippen molar-refractivity contribution in [1.29, 1.82) is 0 Å². The van der Waals surface area contributed by atoms with E-state index in [2.05, 4.69) is 38.2 Å². The summed E-state index contributed by atoms with van der Waals surface area (Å²) in [4.78, 5) is 35.3. The van der Waals surface area contributed by atoms with Gasteiger partial charge in [0.15, 0.2) is 6.10 Å². The molecule has 10 heteroatoms. The number of esters is 2. The smallest absolute Gasteiger partial charge is 0.462 e. The van der Waals surface area contributed by atoms with Gasteiger partial charge < -0.3 is 18.9 Å². The van der Waals surface area contributed by atoms with Gasteiger partial charge >= 0.3 is 19.8 Å². The number of hydrogen-bond acceptors (Lipinski definition) is 7. The van der Waals surface area contributed by atoms with E-state index in [1.807, 2.05) is 21.1 Å². The SMILES string of the molecule is CCCCCC/C=C\CCCCCCCC(=O)OCC(COP(=O)(O)OCC[N+](C)(C)C)OC(=O)CCCCCCC/C=C\CCCCCCCCC. The van der Waals surface area contributed by atoms with Crippen molar-refractivity contribution >= 4 is 19.8 Å². The molecule has 0 amide bonds. The number of carbonyl (C=O) groups is 2. The minimum absolute atomic E-state index is 0.0298. The number of quaternary nitrogens is 1. The van der Waals surface area contributed by atoms with Gasteiger partial charge in [-0.1, -0.05) is 134 Å². The number of carbonyl (C=O) groups excluding carboxylic acids is 2. The Morgan fingerprint density at radius 1 is 0.566 bits per heavy atom. The summed E-state index contributed by atoms with van der Waals surface area (Å²) in [7, 11) is 1.47. The van der Waals surface area contributed by atoms with Gasteiger partial charge in [-0.25, -0.2) is 4.57 Å². The zero-order valence-corrected chi connectivity index (χ0v) is 35.9. The van der Waals surface area contributed by atoms with E-state index in [0.717, 1.165) is 70.6 Å². The molecule has 0 aliphatic heterocycles. The van der Waals surface area contributed by atoms with Crippen molar-refractivity contribution in [3.63, 3.8) is 0 Å². The second kappa shape index (κ2) is 36.1. The maximum atomic E-state index is 12.7. The zero-order chi connectivity index (χ0) is 39.3. The third-order valence-electron chi connectivity index (χ3n) is 9.20. The number of ether oxygens (including phenoxy) is 2. The Labute approximate surface area is 326 Å². The molecule has 0 aromatic rings. The van der Waals surface area contributed by atoms with E-state index in [-0.39, 0.29) is 32.0 Å². The summed E-state index contributed by atoms with van der Waals surface area (Å²) in [6.07, 6.45) is 37.9. The lowest BCUT2D eigenvalue weighted by Crippen LogP contribution is -2.37. The highest BCUT2D eigenvalue weighted by Crippen LogP contribution is 2.43. The monoisotopic (exact) mass is 773 g/mol. The van der Waals surface area contributed by atoms with E-state index in [1.54, 1.807) is 0 Å². The van der Waals surface area contributed by atoms with Gasteiger partial charge in [0.1, 0.15) is 19.8 Å². The molecule has 0 fully saturated rings. The lowest BCUT2D eigenvalue weighted by atomic mass is 10.1. The Kier molecular flexibility index (Phi) is 35.1. The molecule has 0 bridgehead atoms. The predicted molar refractivity (Wildman–Crippen MR) is 220 cm³/mol. The third-order valence-corrected chi connectivity index (χ3v) is 10.2. The normalized spacial score (nSPS) is 13.8. The Bertz CT molecular complexity index is 964. The maximum Gasteiger partial charge on any atom is 0.472 e. The number of phosphoric ester groups is 1. The lowest BCUT2D eigenvalue weighted by molar-refractivity contribution is -0.870. The molecule has 0 aliphatic carbocycles. The van der Waals surface area contributed by atoms with Crippen molar-refractivity contribution in [3.8, 4) is 0 Å². The van der Waals surface area contributed by atoms with Gasteiger partial charge in [0.2, 0.25) is 0 Å². The van der Waals surface area contributed by atoms with Crippen LogP contribution in [0.4, 0.5) is 0 Å². The van der Waals surface area contributed by atoms with Crippen LogP contribution in [-0.4, -0.2) is 74.9 Å². The number of likely N-dealkylation sites (N-methyl/N-ethyl adjacent to an activating group) is 1. The second-order valence-electron chi connectivity index (χ2n) is 15.7. The van der Waals surface area contributed by atoms with Crippen molar-refractivity contribution < 1.29 is 42.1 Å². The highest BCUT2D eigenvalue weighted by molar-refractivity contribution is 7.47. The minimum atomic E-state index is -4.37. The molecule has 0 heterocycles. The zero-order valence-electron chi connectivity index (χ0n) is 35.0. The van der Waals surface area contributed by atoms with Crippen LogP contribution in [0.25, 0.3) is 0 Å². The Morgan fingerprint density at radius 2 is 0.962 bits per heavy atom. The van der Waals surface area contributed by atoms with Gasteiger partial charge in [0.25, 0.3) is 0 Å². The standard InChI is InChI=1S/C43H82NO8P/c1-6-8-10-12-14-16-18-20-21-22-24-26-28-30-32-34-36-43(46)52-41(40-51-53(47,48)50-38-37-44(3,4)5)39-49-42(45)35-33-31-29-27-25-23-19-17-15-13-11-9-7-2/h17,19,21-22,41H,6-16,18,20,23-40H2,1-5H3/p+1/b19-17-,22-21-. The topological polar surface area (TPSA) is 108 Å². The first-order valence-corrected chi connectivity index (χ1v) is 23.1. The molecule has 0 spiro atoms. The number of allylic oxidation sites excluding steroid dienone is 4. The Hall–Kier alpha value is -1.51. The molecular formula is C43H83NO8P+. The summed E-state index contributed by atoms with van der Waals surface area (Å²) in [6.45, 7) is 4.39. The molecule has 2 atom stereocenters. The van der Waals surface area contributed by atoms with Crippen LogP contribution in [0.3, 0.4) is 0 Å². The molecular weight excluding hydrogens is 689 g/mol. The van der Waals surface area contributed by atoms with Crippen LogP contribution in [-0.2, 0) is 32.7 Å². The summed E-state index contributed by atoms with van der Waals surface area (Å²) < 4.78 is 34.2. The van der Waals surface area contributed by atoms with Gasteiger partial charge in [0.05, 0.1) is 27.7 Å².